The Kier molecular flexibility index (Phi) is 3.60. The maximum absolute atomic E-state index is 3.58. The summed E-state index contributed by atoms with van der Waals surface area (Å²) in [6.07, 6.45) is 0. The van der Waals surface area contributed by atoms with Crippen LogP contribution >= 0.6 is 27.3 Å². The molecule has 0 aromatic carbocycles. The molecule has 78 valence electrons. The smallest absolute Gasteiger partial charge is 0.0343 e. The van der Waals surface area contributed by atoms with Crippen molar-refractivity contribution in [3.63, 3.8) is 0 Å². The molecule has 1 saturated heterocycles. The lowest BCUT2D eigenvalue weighted by atomic mass is 10.2. The van der Waals surface area contributed by atoms with Gasteiger partial charge in [-0.25, -0.2) is 0 Å². The second kappa shape index (κ2) is 4.75. The van der Waals surface area contributed by atoms with Crippen molar-refractivity contribution in [3.05, 3.63) is 20.8 Å². The van der Waals surface area contributed by atoms with Gasteiger partial charge in [-0.3, -0.25) is 4.90 Å². The van der Waals surface area contributed by atoms with Crippen molar-refractivity contribution in [2.75, 3.05) is 19.6 Å². The Morgan fingerprint density at radius 1 is 1.71 bits per heavy atom. The summed E-state index contributed by atoms with van der Waals surface area (Å²) >= 11 is 5.42. The minimum atomic E-state index is 0.651. The standard InChI is InChI=1S/C10H15BrN2S/c1-8-6-12-3-4-13(8)7-10-9(11)2-5-14-10/h2,5,8,12H,3-4,6-7H2,1H3/t8-/m1/s1. The fourth-order valence-electron chi connectivity index (χ4n) is 1.74. The maximum Gasteiger partial charge on any atom is 0.0343 e. The quantitative estimate of drug-likeness (QED) is 0.891. The van der Waals surface area contributed by atoms with E-state index in [0.717, 1.165) is 26.2 Å². The van der Waals surface area contributed by atoms with Gasteiger partial charge in [-0.1, -0.05) is 0 Å². The minimum Gasteiger partial charge on any atom is -0.314 e. The second-order valence-electron chi connectivity index (χ2n) is 3.72. The third kappa shape index (κ3) is 2.37. The van der Waals surface area contributed by atoms with Crippen molar-refractivity contribution < 1.29 is 0 Å². The molecule has 0 aliphatic carbocycles. The van der Waals surface area contributed by atoms with Crippen molar-refractivity contribution in [3.8, 4) is 0 Å². The van der Waals surface area contributed by atoms with Gasteiger partial charge in [0.25, 0.3) is 0 Å². The summed E-state index contributed by atoms with van der Waals surface area (Å²) in [7, 11) is 0. The summed E-state index contributed by atoms with van der Waals surface area (Å²) in [4.78, 5) is 3.98. The number of nitrogens with zero attached hydrogens (tertiary/aromatic N) is 1. The summed E-state index contributed by atoms with van der Waals surface area (Å²) in [5, 5.41) is 5.55. The fourth-order valence-corrected chi connectivity index (χ4v) is 3.24. The van der Waals surface area contributed by atoms with Crippen molar-refractivity contribution in [1.82, 2.24) is 10.2 Å². The summed E-state index contributed by atoms with van der Waals surface area (Å²) in [6.45, 7) is 6.76. The normalized spacial score (nSPS) is 24.0. The predicted octanol–water partition coefficient (Wildman–Crippen LogP) is 2.30. The highest BCUT2D eigenvalue weighted by atomic mass is 79.9. The molecule has 2 heterocycles. The number of hydrogen-bond donors (Lipinski definition) is 1. The average Bonchev–Trinajstić information content (AvgIpc) is 2.56. The molecular formula is C10H15BrN2S. The van der Waals surface area contributed by atoms with Crippen molar-refractivity contribution in [1.29, 1.82) is 0 Å². The molecule has 4 heteroatoms. The molecule has 1 aromatic heterocycles. The van der Waals surface area contributed by atoms with Gasteiger partial charge in [0.15, 0.2) is 0 Å². The molecule has 0 saturated carbocycles. The number of hydrogen-bond acceptors (Lipinski definition) is 3. The van der Waals surface area contributed by atoms with Crippen LogP contribution in [0.5, 0.6) is 0 Å². The van der Waals surface area contributed by atoms with E-state index in [1.807, 2.05) is 11.3 Å². The lowest BCUT2D eigenvalue weighted by Gasteiger charge is -2.33. The monoisotopic (exact) mass is 274 g/mol. The van der Waals surface area contributed by atoms with Gasteiger partial charge in [-0.05, 0) is 34.3 Å². The first kappa shape index (κ1) is 10.6. The Bertz CT molecular complexity index is 300. The number of piperazine rings is 1. The van der Waals surface area contributed by atoms with Gasteiger partial charge in [-0.2, -0.15) is 0 Å². The van der Waals surface area contributed by atoms with Gasteiger partial charge in [0.2, 0.25) is 0 Å². The molecule has 1 atom stereocenters. The SMILES string of the molecule is C[C@@H]1CNCCN1Cc1sccc1Br. The number of thiophene rings is 1. The van der Waals surface area contributed by atoms with Crippen LogP contribution in [0, 0.1) is 0 Å². The summed E-state index contributed by atoms with van der Waals surface area (Å²) in [5.74, 6) is 0. The Morgan fingerprint density at radius 2 is 2.57 bits per heavy atom. The zero-order valence-electron chi connectivity index (χ0n) is 8.29. The molecule has 0 radical (unpaired) electrons. The molecular weight excluding hydrogens is 260 g/mol. The zero-order valence-corrected chi connectivity index (χ0v) is 10.7. The fraction of sp³-hybridized carbons (Fsp3) is 0.600. The zero-order chi connectivity index (χ0) is 9.97. The highest BCUT2D eigenvalue weighted by molar-refractivity contribution is 9.10. The topological polar surface area (TPSA) is 15.3 Å². The van der Waals surface area contributed by atoms with Crippen LogP contribution in [0.3, 0.4) is 0 Å². The van der Waals surface area contributed by atoms with Crippen LogP contribution in [0.25, 0.3) is 0 Å². The van der Waals surface area contributed by atoms with Crippen LogP contribution in [-0.2, 0) is 6.54 Å². The van der Waals surface area contributed by atoms with E-state index in [9.17, 15) is 0 Å². The van der Waals surface area contributed by atoms with E-state index in [0.29, 0.717) is 6.04 Å². The molecule has 0 unspecified atom stereocenters. The number of nitrogens with one attached hydrogen (secondary N) is 1. The average molecular weight is 275 g/mol. The van der Waals surface area contributed by atoms with Gasteiger partial charge < -0.3 is 5.32 Å². The van der Waals surface area contributed by atoms with Crippen LogP contribution < -0.4 is 5.32 Å². The van der Waals surface area contributed by atoms with E-state index in [2.05, 4.69) is 44.5 Å². The van der Waals surface area contributed by atoms with Gasteiger partial charge in [0, 0.05) is 41.6 Å². The van der Waals surface area contributed by atoms with Gasteiger partial charge >= 0.3 is 0 Å². The van der Waals surface area contributed by atoms with Crippen molar-refractivity contribution in [2.24, 2.45) is 0 Å². The largest absolute Gasteiger partial charge is 0.314 e. The number of halogens is 1. The summed E-state index contributed by atoms with van der Waals surface area (Å²) < 4.78 is 1.26. The van der Waals surface area contributed by atoms with E-state index in [1.54, 1.807) is 0 Å². The maximum atomic E-state index is 3.58. The molecule has 1 aromatic rings. The predicted molar refractivity (Wildman–Crippen MR) is 64.8 cm³/mol. The molecule has 1 N–H and O–H groups in total. The highest BCUT2D eigenvalue weighted by Gasteiger charge is 2.18. The van der Waals surface area contributed by atoms with Crippen LogP contribution in [0.2, 0.25) is 0 Å². The van der Waals surface area contributed by atoms with E-state index in [1.165, 1.54) is 9.35 Å². The molecule has 0 amide bonds. The molecule has 2 nitrogen and oxygen atoms in total. The first-order chi connectivity index (χ1) is 6.77. The van der Waals surface area contributed by atoms with Gasteiger partial charge in [0.05, 0.1) is 0 Å². The van der Waals surface area contributed by atoms with Crippen LogP contribution in [0.15, 0.2) is 15.9 Å². The van der Waals surface area contributed by atoms with Crippen LogP contribution in [0.4, 0.5) is 0 Å². The Hall–Kier alpha value is 0.100. The molecule has 2 rings (SSSR count). The van der Waals surface area contributed by atoms with Crippen LogP contribution in [-0.4, -0.2) is 30.6 Å². The second-order valence-corrected chi connectivity index (χ2v) is 5.57. The van der Waals surface area contributed by atoms with E-state index >= 15 is 0 Å². The molecule has 0 bridgehead atoms. The molecule has 1 aliphatic heterocycles. The third-order valence-corrected chi connectivity index (χ3v) is 4.59. The first-order valence-electron chi connectivity index (χ1n) is 4.94. The lowest BCUT2D eigenvalue weighted by Crippen LogP contribution is -2.49. The van der Waals surface area contributed by atoms with Gasteiger partial charge in [-0.15, -0.1) is 11.3 Å². The molecule has 1 fully saturated rings. The molecule has 0 spiro atoms. The van der Waals surface area contributed by atoms with Crippen LogP contribution in [0.1, 0.15) is 11.8 Å². The number of rotatable bonds is 2. The Morgan fingerprint density at radius 3 is 3.21 bits per heavy atom. The Balaban J connectivity index is 1.99. The van der Waals surface area contributed by atoms with Crippen molar-refractivity contribution >= 4 is 27.3 Å². The van der Waals surface area contributed by atoms with E-state index in [-0.39, 0.29) is 0 Å². The van der Waals surface area contributed by atoms with Gasteiger partial charge in [0.1, 0.15) is 0 Å². The van der Waals surface area contributed by atoms with E-state index in [4.69, 9.17) is 0 Å². The van der Waals surface area contributed by atoms with E-state index < -0.39 is 0 Å². The third-order valence-electron chi connectivity index (χ3n) is 2.68. The summed E-state index contributed by atoms with van der Waals surface area (Å²) in [6, 6.07) is 2.78. The lowest BCUT2D eigenvalue weighted by molar-refractivity contribution is 0.167. The first-order valence-corrected chi connectivity index (χ1v) is 6.61. The van der Waals surface area contributed by atoms with Crippen molar-refractivity contribution in [2.45, 2.75) is 19.5 Å². The minimum absolute atomic E-state index is 0.651. The molecule has 14 heavy (non-hydrogen) atoms. The molecule has 1 aliphatic rings. The Labute approximate surface area is 97.4 Å². The summed E-state index contributed by atoms with van der Waals surface area (Å²) in [5.41, 5.74) is 0. The highest BCUT2D eigenvalue weighted by Crippen LogP contribution is 2.24.